The van der Waals surface area contributed by atoms with Gasteiger partial charge in [0.25, 0.3) is 0 Å². The number of hydrogen-bond acceptors (Lipinski definition) is 2. The molecule has 0 aromatic heterocycles. The number of para-hydroxylation sites is 1. The normalized spacial score (nSPS) is 14.9. The van der Waals surface area contributed by atoms with Crippen molar-refractivity contribution < 1.29 is 0 Å². The maximum atomic E-state index is 3.79. The molecular formula is C20H24N2. The third-order valence-corrected chi connectivity index (χ3v) is 4.34. The molecule has 1 fully saturated rings. The summed E-state index contributed by atoms with van der Waals surface area (Å²) in [7, 11) is 0. The van der Waals surface area contributed by atoms with Gasteiger partial charge in [-0.2, -0.15) is 0 Å². The Bertz CT molecular complexity index is 581. The molecule has 2 aromatic carbocycles. The van der Waals surface area contributed by atoms with Crippen molar-refractivity contribution in [2.45, 2.75) is 12.8 Å². The van der Waals surface area contributed by atoms with Gasteiger partial charge in [0, 0.05) is 37.6 Å². The summed E-state index contributed by atoms with van der Waals surface area (Å²) in [5.41, 5.74) is 4.07. The fourth-order valence-electron chi connectivity index (χ4n) is 3.00. The third kappa shape index (κ3) is 3.51. The summed E-state index contributed by atoms with van der Waals surface area (Å²) >= 11 is 0. The smallest absolute Gasteiger partial charge is 0.0367 e. The minimum Gasteiger partial charge on any atom is -0.368 e. The van der Waals surface area contributed by atoms with Crippen molar-refractivity contribution in [2.24, 2.45) is 0 Å². The highest BCUT2D eigenvalue weighted by atomic mass is 15.3. The molecule has 0 N–H and O–H groups in total. The molecule has 0 radical (unpaired) electrons. The molecule has 1 aliphatic rings. The zero-order chi connectivity index (χ0) is 15.2. The van der Waals surface area contributed by atoms with E-state index in [1.54, 1.807) is 0 Å². The van der Waals surface area contributed by atoms with Crippen molar-refractivity contribution in [3.05, 3.63) is 72.8 Å². The summed E-state index contributed by atoms with van der Waals surface area (Å²) in [6.07, 6.45) is 4.12. The van der Waals surface area contributed by atoms with E-state index in [0.29, 0.717) is 0 Å². The fraction of sp³-hybridized carbons (Fsp3) is 0.300. The second-order valence-electron chi connectivity index (χ2n) is 5.80. The van der Waals surface area contributed by atoms with Gasteiger partial charge in [-0.3, -0.25) is 0 Å². The van der Waals surface area contributed by atoms with Crippen LogP contribution in [0.2, 0.25) is 0 Å². The Hall–Kier alpha value is -2.22. The van der Waals surface area contributed by atoms with Gasteiger partial charge in [-0.05, 0) is 42.7 Å². The Balaban J connectivity index is 1.58. The van der Waals surface area contributed by atoms with Crippen LogP contribution in [-0.2, 0) is 6.42 Å². The first-order valence-corrected chi connectivity index (χ1v) is 8.11. The van der Waals surface area contributed by atoms with Crippen molar-refractivity contribution in [3.8, 4) is 0 Å². The average Bonchev–Trinajstić information content (AvgIpc) is 2.61. The Labute approximate surface area is 133 Å². The van der Waals surface area contributed by atoms with E-state index in [-0.39, 0.29) is 0 Å². The van der Waals surface area contributed by atoms with Gasteiger partial charge in [0.05, 0.1) is 0 Å². The second kappa shape index (κ2) is 7.17. The monoisotopic (exact) mass is 292 g/mol. The van der Waals surface area contributed by atoms with Crippen LogP contribution >= 0.6 is 0 Å². The number of rotatable bonds is 5. The predicted octanol–water partition coefficient (Wildman–Crippen LogP) is 4.13. The molecule has 1 heterocycles. The fourth-order valence-corrected chi connectivity index (χ4v) is 3.00. The summed E-state index contributed by atoms with van der Waals surface area (Å²) in [5.74, 6) is 0. The van der Waals surface area contributed by atoms with Crippen LogP contribution in [0.5, 0.6) is 0 Å². The van der Waals surface area contributed by atoms with Crippen LogP contribution < -0.4 is 9.80 Å². The van der Waals surface area contributed by atoms with Crippen LogP contribution in [0, 0.1) is 0 Å². The number of anilines is 2. The summed E-state index contributed by atoms with van der Waals surface area (Å²) in [4.78, 5) is 4.95. The van der Waals surface area contributed by atoms with Crippen LogP contribution in [0.4, 0.5) is 11.4 Å². The van der Waals surface area contributed by atoms with Crippen molar-refractivity contribution in [1.29, 1.82) is 0 Å². The number of piperazine rings is 1. The van der Waals surface area contributed by atoms with Crippen molar-refractivity contribution in [3.63, 3.8) is 0 Å². The zero-order valence-corrected chi connectivity index (χ0v) is 13.1. The van der Waals surface area contributed by atoms with Gasteiger partial charge in [-0.15, -0.1) is 6.58 Å². The molecule has 3 rings (SSSR count). The van der Waals surface area contributed by atoms with E-state index in [1.807, 2.05) is 6.08 Å². The minimum atomic E-state index is 1.05. The van der Waals surface area contributed by atoms with Crippen LogP contribution in [0.1, 0.15) is 12.0 Å². The average molecular weight is 292 g/mol. The van der Waals surface area contributed by atoms with Gasteiger partial charge in [-0.25, -0.2) is 0 Å². The predicted molar refractivity (Wildman–Crippen MR) is 95.8 cm³/mol. The Kier molecular flexibility index (Phi) is 4.79. The molecule has 0 bridgehead atoms. The number of hydrogen-bond donors (Lipinski definition) is 0. The number of benzene rings is 2. The van der Waals surface area contributed by atoms with Crippen LogP contribution in [0.3, 0.4) is 0 Å². The van der Waals surface area contributed by atoms with Gasteiger partial charge in [0.15, 0.2) is 0 Å². The van der Waals surface area contributed by atoms with Gasteiger partial charge in [0.2, 0.25) is 0 Å². The van der Waals surface area contributed by atoms with E-state index < -0.39 is 0 Å². The standard InChI is InChI=1S/C20H24N2/c1-2-3-7-18-10-12-20(13-11-18)22-16-14-21(15-17-22)19-8-5-4-6-9-19/h2,4-6,8-13H,1,3,7,14-17H2. The first-order valence-electron chi connectivity index (χ1n) is 8.11. The topological polar surface area (TPSA) is 6.48 Å². The van der Waals surface area contributed by atoms with E-state index >= 15 is 0 Å². The number of nitrogens with zero attached hydrogens (tertiary/aromatic N) is 2. The molecule has 0 saturated carbocycles. The van der Waals surface area contributed by atoms with Crippen molar-refractivity contribution in [1.82, 2.24) is 0 Å². The molecule has 0 atom stereocenters. The minimum absolute atomic E-state index is 1.05. The molecule has 2 aromatic rings. The molecule has 1 saturated heterocycles. The maximum Gasteiger partial charge on any atom is 0.0367 e. The lowest BCUT2D eigenvalue weighted by atomic mass is 10.1. The number of allylic oxidation sites excluding steroid dienone is 1. The maximum absolute atomic E-state index is 3.79. The lowest BCUT2D eigenvalue weighted by Gasteiger charge is -2.37. The van der Waals surface area contributed by atoms with E-state index in [1.165, 1.54) is 16.9 Å². The molecule has 2 heteroatoms. The largest absolute Gasteiger partial charge is 0.368 e. The highest BCUT2D eigenvalue weighted by molar-refractivity contribution is 5.52. The molecule has 0 amide bonds. The molecule has 0 unspecified atom stereocenters. The van der Waals surface area contributed by atoms with Crippen LogP contribution in [0.25, 0.3) is 0 Å². The molecular weight excluding hydrogens is 268 g/mol. The lowest BCUT2D eigenvalue weighted by molar-refractivity contribution is 0.653. The van der Waals surface area contributed by atoms with Crippen LogP contribution in [0.15, 0.2) is 67.3 Å². The van der Waals surface area contributed by atoms with Gasteiger partial charge in [0.1, 0.15) is 0 Å². The van der Waals surface area contributed by atoms with Crippen LogP contribution in [-0.4, -0.2) is 26.2 Å². The highest BCUT2D eigenvalue weighted by Crippen LogP contribution is 2.21. The SMILES string of the molecule is C=CCCc1ccc(N2CCN(c3ccccc3)CC2)cc1. The highest BCUT2D eigenvalue weighted by Gasteiger charge is 2.17. The van der Waals surface area contributed by atoms with E-state index in [4.69, 9.17) is 0 Å². The first kappa shape index (κ1) is 14.7. The summed E-state index contributed by atoms with van der Waals surface area (Å²) in [5, 5.41) is 0. The summed E-state index contributed by atoms with van der Waals surface area (Å²) in [6, 6.07) is 19.7. The molecule has 114 valence electrons. The molecule has 0 spiro atoms. The summed E-state index contributed by atoms with van der Waals surface area (Å²) < 4.78 is 0. The molecule has 22 heavy (non-hydrogen) atoms. The molecule has 1 aliphatic heterocycles. The Morgan fingerprint density at radius 2 is 1.32 bits per heavy atom. The third-order valence-electron chi connectivity index (χ3n) is 4.34. The van der Waals surface area contributed by atoms with E-state index in [0.717, 1.165) is 39.0 Å². The van der Waals surface area contributed by atoms with Gasteiger partial charge in [-0.1, -0.05) is 36.4 Å². The Morgan fingerprint density at radius 3 is 1.86 bits per heavy atom. The zero-order valence-electron chi connectivity index (χ0n) is 13.1. The summed E-state index contributed by atoms with van der Waals surface area (Å²) in [6.45, 7) is 8.13. The lowest BCUT2D eigenvalue weighted by Crippen LogP contribution is -2.46. The first-order chi connectivity index (χ1) is 10.9. The second-order valence-corrected chi connectivity index (χ2v) is 5.80. The van der Waals surface area contributed by atoms with E-state index in [9.17, 15) is 0 Å². The van der Waals surface area contributed by atoms with Gasteiger partial charge < -0.3 is 9.80 Å². The van der Waals surface area contributed by atoms with Crippen molar-refractivity contribution >= 4 is 11.4 Å². The van der Waals surface area contributed by atoms with Gasteiger partial charge >= 0.3 is 0 Å². The van der Waals surface area contributed by atoms with Crippen molar-refractivity contribution in [2.75, 3.05) is 36.0 Å². The molecule has 2 nitrogen and oxygen atoms in total. The Morgan fingerprint density at radius 1 is 0.773 bits per heavy atom. The van der Waals surface area contributed by atoms with E-state index in [2.05, 4.69) is 71.0 Å². The quantitative estimate of drug-likeness (QED) is 0.765. The number of aryl methyl sites for hydroxylation is 1. The molecule has 0 aliphatic carbocycles.